The fourth-order valence-electron chi connectivity index (χ4n) is 2.62. The zero-order valence-corrected chi connectivity index (χ0v) is 12.6. The Kier molecular flexibility index (Phi) is 3.87. The molecular formula is C14H22N2O2S. The topological polar surface area (TPSA) is 63.4 Å². The average Bonchev–Trinajstić information content (AvgIpc) is 2.35. The van der Waals surface area contributed by atoms with Gasteiger partial charge < -0.3 is 5.73 Å². The second kappa shape index (κ2) is 5.13. The van der Waals surface area contributed by atoms with Crippen molar-refractivity contribution < 1.29 is 8.42 Å². The Labute approximate surface area is 115 Å². The number of anilines is 1. The van der Waals surface area contributed by atoms with Gasteiger partial charge in [-0.2, -0.15) is 4.31 Å². The number of hydrogen-bond acceptors (Lipinski definition) is 3. The maximum atomic E-state index is 12.8. The number of sulfonamides is 1. The van der Waals surface area contributed by atoms with Crippen LogP contribution in [0.2, 0.25) is 0 Å². The number of hydrogen-bond donors (Lipinski definition) is 1. The third-order valence-electron chi connectivity index (χ3n) is 3.97. The SMILES string of the molecule is Cc1c(N)cccc1S(=O)(=O)N1CC(C)CCC1C. The molecule has 2 rings (SSSR count). The maximum Gasteiger partial charge on any atom is 0.243 e. The zero-order valence-electron chi connectivity index (χ0n) is 11.8. The molecule has 1 aromatic rings. The zero-order chi connectivity index (χ0) is 14.2. The summed E-state index contributed by atoms with van der Waals surface area (Å²) in [5, 5.41) is 0. The molecule has 5 heteroatoms. The second-order valence-electron chi connectivity index (χ2n) is 5.58. The van der Waals surface area contributed by atoms with Gasteiger partial charge in [0.25, 0.3) is 0 Å². The highest BCUT2D eigenvalue weighted by molar-refractivity contribution is 7.89. The number of nitrogens with zero attached hydrogens (tertiary/aromatic N) is 1. The summed E-state index contributed by atoms with van der Waals surface area (Å²) in [6.45, 7) is 6.43. The van der Waals surface area contributed by atoms with Gasteiger partial charge in [-0.1, -0.05) is 13.0 Å². The molecule has 19 heavy (non-hydrogen) atoms. The highest BCUT2D eigenvalue weighted by Gasteiger charge is 2.34. The van der Waals surface area contributed by atoms with Crippen molar-refractivity contribution in [1.82, 2.24) is 4.31 Å². The first-order chi connectivity index (χ1) is 8.84. The Hall–Kier alpha value is -1.07. The van der Waals surface area contributed by atoms with E-state index in [4.69, 9.17) is 5.73 Å². The number of benzene rings is 1. The van der Waals surface area contributed by atoms with Gasteiger partial charge in [0.1, 0.15) is 0 Å². The van der Waals surface area contributed by atoms with Crippen LogP contribution in [0.15, 0.2) is 23.1 Å². The van der Waals surface area contributed by atoms with E-state index in [1.165, 1.54) is 0 Å². The van der Waals surface area contributed by atoms with Crippen LogP contribution in [0.5, 0.6) is 0 Å². The average molecular weight is 282 g/mol. The van der Waals surface area contributed by atoms with Crippen LogP contribution in [0.1, 0.15) is 32.3 Å². The van der Waals surface area contributed by atoms with Crippen molar-refractivity contribution >= 4 is 15.7 Å². The molecule has 1 aliphatic rings. The molecule has 1 aromatic carbocycles. The molecule has 0 aliphatic carbocycles. The first kappa shape index (κ1) is 14.3. The predicted molar refractivity (Wildman–Crippen MR) is 77.3 cm³/mol. The van der Waals surface area contributed by atoms with Gasteiger partial charge in [-0.25, -0.2) is 8.42 Å². The van der Waals surface area contributed by atoms with Gasteiger partial charge in [-0.15, -0.1) is 0 Å². The molecular weight excluding hydrogens is 260 g/mol. The monoisotopic (exact) mass is 282 g/mol. The lowest BCUT2D eigenvalue weighted by Crippen LogP contribution is -2.45. The van der Waals surface area contributed by atoms with Gasteiger partial charge >= 0.3 is 0 Å². The highest BCUT2D eigenvalue weighted by atomic mass is 32.2. The molecule has 4 nitrogen and oxygen atoms in total. The number of nitrogens with two attached hydrogens (primary N) is 1. The van der Waals surface area contributed by atoms with Crippen molar-refractivity contribution in [3.05, 3.63) is 23.8 Å². The van der Waals surface area contributed by atoms with E-state index in [0.29, 0.717) is 28.6 Å². The Morgan fingerprint density at radius 3 is 2.63 bits per heavy atom. The van der Waals surface area contributed by atoms with Gasteiger partial charge in [0.2, 0.25) is 10.0 Å². The maximum absolute atomic E-state index is 12.8. The molecule has 2 N–H and O–H groups in total. The van der Waals surface area contributed by atoms with Crippen molar-refractivity contribution in [2.75, 3.05) is 12.3 Å². The van der Waals surface area contributed by atoms with Crippen LogP contribution in [0.4, 0.5) is 5.69 Å². The summed E-state index contributed by atoms with van der Waals surface area (Å²) in [4.78, 5) is 0.341. The minimum absolute atomic E-state index is 0.0574. The van der Waals surface area contributed by atoms with E-state index in [-0.39, 0.29) is 6.04 Å². The van der Waals surface area contributed by atoms with E-state index in [0.717, 1.165) is 12.8 Å². The third-order valence-corrected chi connectivity index (χ3v) is 6.10. The Morgan fingerprint density at radius 1 is 1.26 bits per heavy atom. The molecule has 0 saturated carbocycles. The largest absolute Gasteiger partial charge is 0.398 e. The molecule has 0 bridgehead atoms. The van der Waals surface area contributed by atoms with Crippen LogP contribution in [0.3, 0.4) is 0 Å². The molecule has 106 valence electrons. The van der Waals surface area contributed by atoms with E-state index >= 15 is 0 Å². The molecule has 1 heterocycles. The number of piperidine rings is 1. The van der Waals surface area contributed by atoms with E-state index in [2.05, 4.69) is 6.92 Å². The normalized spacial score (nSPS) is 25.4. The summed E-state index contributed by atoms with van der Waals surface area (Å²) >= 11 is 0. The van der Waals surface area contributed by atoms with E-state index in [1.807, 2.05) is 6.92 Å². The number of rotatable bonds is 2. The van der Waals surface area contributed by atoms with Gasteiger partial charge in [0.05, 0.1) is 4.90 Å². The molecule has 2 unspecified atom stereocenters. The first-order valence-electron chi connectivity index (χ1n) is 6.71. The van der Waals surface area contributed by atoms with Gasteiger partial charge in [0.15, 0.2) is 0 Å². The Bertz CT molecular complexity index is 569. The minimum atomic E-state index is -3.44. The van der Waals surface area contributed by atoms with E-state index in [9.17, 15) is 8.42 Å². The summed E-state index contributed by atoms with van der Waals surface area (Å²) in [5.74, 6) is 0.410. The fraction of sp³-hybridized carbons (Fsp3) is 0.571. The molecule has 1 aliphatic heterocycles. The summed E-state index contributed by atoms with van der Waals surface area (Å²) in [6.07, 6.45) is 2.00. The third kappa shape index (κ3) is 2.62. The lowest BCUT2D eigenvalue weighted by molar-refractivity contribution is 0.218. The molecule has 1 saturated heterocycles. The van der Waals surface area contributed by atoms with Crippen LogP contribution >= 0.6 is 0 Å². The van der Waals surface area contributed by atoms with Crippen molar-refractivity contribution in [1.29, 1.82) is 0 Å². The molecule has 0 radical (unpaired) electrons. The summed E-state index contributed by atoms with van der Waals surface area (Å²) in [6, 6.07) is 5.14. The van der Waals surface area contributed by atoms with Crippen molar-refractivity contribution in [3.63, 3.8) is 0 Å². The highest BCUT2D eigenvalue weighted by Crippen LogP contribution is 2.30. The van der Waals surface area contributed by atoms with Crippen molar-refractivity contribution in [3.8, 4) is 0 Å². The summed E-state index contributed by atoms with van der Waals surface area (Å²) in [7, 11) is -3.44. The van der Waals surface area contributed by atoms with Crippen LogP contribution < -0.4 is 5.73 Å². The standard InChI is InChI=1S/C14H22N2O2S/c1-10-7-8-11(2)16(9-10)19(17,18)14-6-4-5-13(15)12(14)3/h4-6,10-11H,7-9,15H2,1-3H3. The van der Waals surface area contributed by atoms with Gasteiger partial charge in [-0.05, 0) is 50.3 Å². The molecule has 0 amide bonds. The van der Waals surface area contributed by atoms with Gasteiger partial charge in [-0.3, -0.25) is 0 Å². The van der Waals surface area contributed by atoms with Crippen molar-refractivity contribution in [2.45, 2.75) is 44.6 Å². The van der Waals surface area contributed by atoms with Crippen LogP contribution in [0.25, 0.3) is 0 Å². The van der Waals surface area contributed by atoms with E-state index in [1.54, 1.807) is 29.4 Å². The first-order valence-corrected chi connectivity index (χ1v) is 8.15. The molecule has 1 fully saturated rings. The molecule has 2 atom stereocenters. The lowest BCUT2D eigenvalue weighted by Gasteiger charge is -2.36. The van der Waals surface area contributed by atoms with Gasteiger partial charge in [0, 0.05) is 18.3 Å². The smallest absolute Gasteiger partial charge is 0.243 e. The van der Waals surface area contributed by atoms with Crippen LogP contribution in [-0.4, -0.2) is 25.3 Å². The second-order valence-corrected chi connectivity index (χ2v) is 7.44. The van der Waals surface area contributed by atoms with Crippen molar-refractivity contribution in [2.24, 2.45) is 5.92 Å². The minimum Gasteiger partial charge on any atom is -0.398 e. The molecule has 0 spiro atoms. The Balaban J connectivity index is 2.44. The summed E-state index contributed by atoms with van der Waals surface area (Å²) < 4.78 is 27.2. The Morgan fingerprint density at radius 2 is 1.95 bits per heavy atom. The quantitative estimate of drug-likeness (QED) is 0.847. The van der Waals surface area contributed by atoms with Crippen LogP contribution in [-0.2, 0) is 10.0 Å². The molecule has 0 aromatic heterocycles. The number of nitrogen functional groups attached to an aromatic ring is 1. The van der Waals surface area contributed by atoms with Crippen LogP contribution in [0, 0.1) is 12.8 Å². The fourth-order valence-corrected chi connectivity index (χ4v) is 4.66. The summed E-state index contributed by atoms with van der Waals surface area (Å²) in [5.41, 5.74) is 7.00. The predicted octanol–water partition coefficient (Wildman–Crippen LogP) is 2.39. The van der Waals surface area contributed by atoms with E-state index < -0.39 is 10.0 Å². The lowest BCUT2D eigenvalue weighted by atomic mass is 9.97.